The molecule has 1 aliphatic heterocycles. The average molecular weight is 265 g/mol. The zero-order chi connectivity index (χ0) is 12.4. The molecule has 2 fully saturated rings. The largest absolute Gasteiger partial charge is 0.351 e. The number of hydrogen-bond donors (Lipinski definition) is 2. The maximum absolute atomic E-state index is 11.3. The number of nitrogens with one attached hydrogen (secondary N) is 2. The third-order valence-electron chi connectivity index (χ3n) is 4.20. The summed E-state index contributed by atoms with van der Waals surface area (Å²) in [7, 11) is 0. The van der Waals surface area contributed by atoms with Crippen LogP contribution in [0.2, 0.25) is 0 Å². The molecule has 2 heterocycles. The molecule has 3 rings (SSSR count). The number of aromatic nitrogens is 1. The van der Waals surface area contributed by atoms with Gasteiger partial charge in [0.05, 0.1) is 0 Å². The van der Waals surface area contributed by atoms with Crippen molar-refractivity contribution >= 4 is 17.2 Å². The second-order valence-corrected chi connectivity index (χ2v) is 6.39. The number of thiazole rings is 1. The molecule has 1 aliphatic carbocycles. The van der Waals surface area contributed by atoms with Gasteiger partial charge in [0.15, 0.2) is 0 Å². The van der Waals surface area contributed by atoms with E-state index < -0.39 is 0 Å². The molecule has 1 aromatic rings. The predicted octanol–water partition coefficient (Wildman–Crippen LogP) is 1.82. The van der Waals surface area contributed by atoms with Gasteiger partial charge in [-0.3, -0.25) is 4.79 Å². The Morgan fingerprint density at radius 3 is 2.89 bits per heavy atom. The zero-order valence-corrected chi connectivity index (χ0v) is 11.3. The molecule has 2 aliphatic rings. The maximum Gasteiger partial charge on any atom is 0.220 e. The molecular formula is C13H19N3OS. The van der Waals surface area contributed by atoms with Crippen LogP contribution < -0.4 is 10.6 Å². The fourth-order valence-corrected chi connectivity index (χ4v) is 3.66. The van der Waals surface area contributed by atoms with Gasteiger partial charge < -0.3 is 10.6 Å². The molecule has 18 heavy (non-hydrogen) atoms. The Hall–Kier alpha value is -0.940. The van der Waals surface area contributed by atoms with E-state index in [2.05, 4.69) is 15.6 Å². The van der Waals surface area contributed by atoms with Crippen molar-refractivity contribution in [2.24, 2.45) is 0 Å². The van der Waals surface area contributed by atoms with Crippen LogP contribution in [0.15, 0.2) is 11.6 Å². The summed E-state index contributed by atoms with van der Waals surface area (Å²) in [6.45, 7) is 0.877. The highest BCUT2D eigenvalue weighted by Crippen LogP contribution is 2.35. The van der Waals surface area contributed by atoms with E-state index >= 15 is 0 Å². The third-order valence-corrected chi connectivity index (χ3v) is 4.98. The van der Waals surface area contributed by atoms with E-state index in [1.54, 1.807) is 11.3 Å². The first-order valence-corrected chi connectivity index (χ1v) is 7.57. The van der Waals surface area contributed by atoms with Crippen molar-refractivity contribution in [2.75, 3.05) is 0 Å². The second kappa shape index (κ2) is 4.97. The van der Waals surface area contributed by atoms with E-state index in [0.717, 1.165) is 50.1 Å². The fourth-order valence-electron chi connectivity index (χ4n) is 3.09. The lowest BCUT2D eigenvalue weighted by molar-refractivity contribution is -0.120. The van der Waals surface area contributed by atoms with Crippen LogP contribution in [-0.2, 0) is 11.3 Å². The van der Waals surface area contributed by atoms with Gasteiger partial charge in [0.1, 0.15) is 5.01 Å². The molecule has 0 aromatic carbocycles. The number of carbonyl (C=O) groups excluding carboxylic acids is 1. The highest BCUT2D eigenvalue weighted by Gasteiger charge is 2.40. The summed E-state index contributed by atoms with van der Waals surface area (Å²) in [6, 6.07) is 0.581. The number of amides is 1. The fraction of sp³-hybridized carbons (Fsp3) is 0.692. The Bertz CT molecular complexity index is 410. The zero-order valence-electron chi connectivity index (χ0n) is 10.4. The van der Waals surface area contributed by atoms with E-state index in [9.17, 15) is 4.79 Å². The lowest BCUT2D eigenvalue weighted by Gasteiger charge is -2.37. The van der Waals surface area contributed by atoms with Gasteiger partial charge in [-0.25, -0.2) is 4.98 Å². The molecule has 1 aromatic heterocycles. The van der Waals surface area contributed by atoms with E-state index in [1.165, 1.54) is 0 Å². The van der Waals surface area contributed by atoms with Gasteiger partial charge in [-0.2, -0.15) is 0 Å². The monoisotopic (exact) mass is 265 g/mol. The number of hydrogen-bond acceptors (Lipinski definition) is 4. The van der Waals surface area contributed by atoms with Crippen molar-refractivity contribution in [1.29, 1.82) is 0 Å². The van der Waals surface area contributed by atoms with Crippen molar-refractivity contribution in [3.63, 3.8) is 0 Å². The van der Waals surface area contributed by atoms with E-state index in [0.29, 0.717) is 6.04 Å². The van der Waals surface area contributed by atoms with Crippen molar-refractivity contribution in [3.8, 4) is 0 Å². The summed E-state index contributed by atoms with van der Waals surface area (Å²) < 4.78 is 0. The molecule has 4 nitrogen and oxygen atoms in total. The van der Waals surface area contributed by atoms with Crippen LogP contribution in [0.25, 0.3) is 0 Å². The molecule has 0 radical (unpaired) electrons. The van der Waals surface area contributed by atoms with Gasteiger partial charge in [0, 0.05) is 36.1 Å². The Morgan fingerprint density at radius 1 is 1.44 bits per heavy atom. The molecule has 1 amide bonds. The number of rotatable bonds is 3. The molecule has 98 valence electrons. The minimum absolute atomic E-state index is 0.135. The highest BCUT2D eigenvalue weighted by atomic mass is 32.1. The van der Waals surface area contributed by atoms with Gasteiger partial charge in [0.25, 0.3) is 0 Å². The minimum atomic E-state index is 0.135. The highest BCUT2D eigenvalue weighted by molar-refractivity contribution is 7.09. The maximum atomic E-state index is 11.3. The van der Waals surface area contributed by atoms with Crippen molar-refractivity contribution < 1.29 is 4.79 Å². The van der Waals surface area contributed by atoms with Crippen LogP contribution in [-0.4, -0.2) is 22.5 Å². The SMILES string of the molecule is O=C1CCC2(CCC(NCc3nccs3)CC2)N1. The predicted molar refractivity (Wildman–Crippen MR) is 71.3 cm³/mol. The lowest BCUT2D eigenvalue weighted by Crippen LogP contribution is -2.47. The summed E-state index contributed by atoms with van der Waals surface area (Å²) in [6.07, 6.45) is 8.16. The van der Waals surface area contributed by atoms with Crippen LogP contribution in [0.5, 0.6) is 0 Å². The summed E-state index contributed by atoms with van der Waals surface area (Å²) in [5, 5.41) is 9.93. The normalized spacial score (nSPS) is 31.8. The van der Waals surface area contributed by atoms with Crippen molar-refractivity contribution in [2.45, 2.75) is 56.7 Å². The summed E-state index contributed by atoms with van der Waals surface area (Å²) >= 11 is 1.70. The van der Waals surface area contributed by atoms with Crippen LogP contribution in [0.4, 0.5) is 0 Å². The first-order valence-electron chi connectivity index (χ1n) is 6.69. The average Bonchev–Trinajstić information content (AvgIpc) is 3.00. The van der Waals surface area contributed by atoms with Gasteiger partial charge in [-0.15, -0.1) is 11.3 Å². The van der Waals surface area contributed by atoms with Gasteiger partial charge in [-0.05, 0) is 32.1 Å². The molecule has 1 spiro atoms. The summed E-state index contributed by atoms with van der Waals surface area (Å²) in [5.41, 5.74) is 0.135. The first-order chi connectivity index (χ1) is 8.76. The van der Waals surface area contributed by atoms with Crippen molar-refractivity contribution in [1.82, 2.24) is 15.6 Å². The van der Waals surface area contributed by atoms with E-state index in [-0.39, 0.29) is 11.4 Å². The lowest BCUT2D eigenvalue weighted by atomic mass is 9.78. The molecule has 1 saturated heterocycles. The van der Waals surface area contributed by atoms with Gasteiger partial charge in [-0.1, -0.05) is 0 Å². The molecule has 5 heteroatoms. The second-order valence-electron chi connectivity index (χ2n) is 5.41. The van der Waals surface area contributed by atoms with Crippen LogP contribution >= 0.6 is 11.3 Å². The van der Waals surface area contributed by atoms with Crippen molar-refractivity contribution in [3.05, 3.63) is 16.6 Å². The van der Waals surface area contributed by atoms with E-state index in [4.69, 9.17) is 0 Å². The van der Waals surface area contributed by atoms with E-state index in [1.807, 2.05) is 11.6 Å². The van der Waals surface area contributed by atoms with Gasteiger partial charge >= 0.3 is 0 Å². The smallest absolute Gasteiger partial charge is 0.220 e. The molecule has 0 bridgehead atoms. The Labute approximate surface area is 111 Å². The van der Waals surface area contributed by atoms with Crippen LogP contribution in [0.3, 0.4) is 0 Å². The summed E-state index contributed by atoms with van der Waals surface area (Å²) in [4.78, 5) is 15.6. The van der Waals surface area contributed by atoms with Gasteiger partial charge in [0.2, 0.25) is 5.91 Å². The molecular weight excluding hydrogens is 246 g/mol. The van der Waals surface area contributed by atoms with Crippen LogP contribution in [0.1, 0.15) is 43.5 Å². The molecule has 1 saturated carbocycles. The topological polar surface area (TPSA) is 54.0 Å². The Kier molecular flexibility index (Phi) is 3.35. The molecule has 0 unspecified atom stereocenters. The standard InChI is InChI=1S/C13H19N3OS/c17-11-3-6-13(16-11)4-1-10(2-5-13)15-9-12-14-7-8-18-12/h7-8,10,15H,1-6,9H2,(H,16,17). The van der Waals surface area contributed by atoms with Crippen LogP contribution in [0, 0.1) is 0 Å². The quantitative estimate of drug-likeness (QED) is 0.876. The Balaban J connectivity index is 1.47. The number of nitrogens with zero attached hydrogens (tertiary/aromatic N) is 1. The number of carbonyl (C=O) groups is 1. The first kappa shape index (κ1) is 12.1. The third kappa shape index (κ3) is 2.57. The molecule has 0 atom stereocenters. The minimum Gasteiger partial charge on any atom is -0.351 e. The summed E-state index contributed by atoms with van der Waals surface area (Å²) in [5.74, 6) is 0.240. The Morgan fingerprint density at radius 2 is 2.28 bits per heavy atom. The molecule has 2 N–H and O–H groups in total.